The molecule has 1 unspecified atom stereocenters. The summed E-state index contributed by atoms with van der Waals surface area (Å²) < 4.78 is 21.9. The van der Waals surface area contributed by atoms with Gasteiger partial charge in [0.1, 0.15) is 0 Å². The summed E-state index contributed by atoms with van der Waals surface area (Å²) in [4.78, 5) is 7.22. The second-order valence-electron chi connectivity index (χ2n) is 7.18. The summed E-state index contributed by atoms with van der Waals surface area (Å²) in [5.74, 6) is 2.85. The van der Waals surface area contributed by atoms with E-state index >= 15 is 0 Å². The van der Waals surface area contributed by atoms with E-state index < -0.39 is 0 Å². The van der Waals surface area contributed by atoms with Crippen molar-refractivity contribution < 1.29 is 18.9 Å². The largest absolute Gasteiger partial charge is 0.493 e. The van der Waals surface area contributed by atoms with Gasteiger partial charge in [0.15, 0.2) is 17.5 Å². The highest BCUT2D eigenvalue weighted by molar-refractivity contribution is 5.80. The van der Waals surface area contributed by atoms with Crippen LogP contribution >= 0.6 is 0 Å². The van der Waals surface area contributed by atoms with E-state index in [1.54, 1.807) is 21.3 Å². The number of nitrogens with zero attached hydrogens (tertiary/aromatic N) is 2. The highest BCUT2D eigenvalue weighted by Gasteiger charge is 2.42. The normalized spacial score (nSPS) is 22.4. The van der Waals surface area contributed by atoms with E-state index in [0.717, 1.165) is 50.8 Å². The van der Waals surface area contributed by atoms with Gasteiger partial charge in [-0.25, -0.2) is 4.99 Å². The van der Waals surface area contributed by atoms with Crippen LogP contribution in [0.1, 0.15) is 25.3 Å². The number of hydrogen-bond donors (Lipinski definition) is 1. The summed E-state index contributed by atoms with van der Waals surface area (Å²) in [5, 5.41) is 3.43. The Morgan fingerprint density at radius 3 is 2.48 bits per heavy atom. The third-order valence-electron chi connectivity index (χ3n) is 5.39. The van der Waals surface area contributed by atoms with Crippen molar-refractivity contribution >= 4 is 5.96 Å². The van der Waals surface area contributed by atoms with E-state index in [-0.39, 0.29) is 0 Å². The average molecular weight is 377 g/mol. The molecule has 7 heteroatoms. The lowest BCUT2D eigenvalue weighted by Crippen LogP contribution is -2.41. The van der Waals surface area contributed by atoms with E-state index in [9.17, 15) is 0 Å². The average Bonchev–Trinajstić information content (AvgIpc) is 3.34. The number of hydrogen-bond acceptors (Lipinski definition) is 5. The van der Waals surface area contributed by atoms with Gasteiger partial charge in [0.2, 0.25) is 5.75 Å². The van der Waals surface area contributed by atoms with Crippen LogP contribution in [0.5, 0.6) is 17.2 Å². The van der Waals surface area contributed by atoms with E-state index in [1.807, 2.05) is 12.1 Å². The van der Waals surface area contributed by atoms with E-state index in [1.165, 1.54) is 6.42 Å². The molecule has 0 aromatic heterocycles. The van der Waals surface area contributed by atoms with Gasteiger partial charge in [-0.05, 0) is 37.5 Å². The fraction of sp³-hybridized carbons (Fsp3) is 0.650. The maximum Gasteiger partial charge on any atom is 0.203 e. The third kappa shape index (κ3) is 4.24. The van der Waals surface area contributed by atoms with Gasteiger partial charge in [0.05, 0.1) is 34.5 Å². The highest BCUT2D eigenvalue weighted by Crippen LogP contribution is 2.39. The molecule has 7 nitrogen and oxygen atoms in total. The van der Waals surface area contributed by atoms with Crippen molar-refractivity contribution in [3.05, 3.63) is 17.7 Å². The molecule has 1 spiro atoms. The molecule has 0 bridgehead atoms. The van der Waals surface area contributed by atoms with Gasteiger partial charge in [0, 0.05) is 31.7 Å². The quantitative estimate of drug-likeness (QED) is 0.606. The fourth-order valence-corrected chi connectivity index (χ4v) is 3.91. The Balaban J connectivity index is 1.77. The van der Waals surface area contributed by atoms with Crippen LogP contribution in [0.3, 0.4) is 0 Å². The Morgan fingerprint density at radius 1 is 1.19 bits per heavy atom. The van der Waals surface area contributed by atoms with Crippen molar-refractivity contribution in [1.82, 2.24) is 10.2 Å². The number of guanidine groups is 1. The van der Waals surface area contributed by atoms with Gasteiger partial charge in [-0.2, -0.15) is 0 Å². The summed E-state index contributed by atoms with van der Waals surface area (Å²) in [7, 11) is 4.86. The number of rotatable bonds is 6. The van der Waals surface area contributed by atoms with Crippen LogP contribution in [-0.2, 0) is 11.3 Å². The van der Waals surface area contributed by atoms with Crippen LogP contribution in [0.4, 0.5) is 0 Å². The van der Waals surface area contributed by atoms with Crippen LogP contribution in [0.2, 0.25) is 0 Å². The van der Waals surface area contributed by atoms with Crippen LogP contribution in [-0.4, -0.2) is 65.0 Å². The first-order valence-corrected chi connectivity index (χ1v) is 9.54. The lowest BCUT2D eigenvalue weighted by molar-refractivity contribution is 0.156. The van der Waals surface area contributed by atoms with Crippen molar-refractivity contribution in [2.75, 3.05) is 54.2 Å². The van der Waals surface area contributed by atoms with Crippen LogP contribution in [0.25, 0.3) is 0 Å². The van der Waals surface area contributed by atoms with Gasteiger partial charge in [-0.1, -0.05) is 0 Å². The molecule has 3 rings (SSSR count). The fourth-order valence-electron chi connectivity index (χ4n) is 3.91. The van der Waals surface area contributed by atoms with E-state index in [2.05, 4.69) is 17.1 Å². The lowest BCUT2D eigenvalue weighted by Gasteiger charge is -2.25. The minimum Gasteiger partial charge on any atom is -0.493 e. The first kappa shape index (κ1) is 19.6. The molecule has 150 valence electrons. The van der Waals surface area contributed by atoms with Crippen LogP contribution < -0.4 is 19.5 Å². The highest BCUT2D eigenvalue weighted by atomic mass is 16.5. The predicted octanol–water partition coefficient (Wildman–Crippen LogP) is 2.29. The molecule has 2 aliphatic heterocycles. The molecule has 2 fully saturated rings. The SMILES string of the molecule is CCNC(=NCc1cc(OC)c(OC)c(OC)c1)N1CCC2(CCOC2)C1. The monoisotopic (exact) mass is 377 g/mol. The van der Waals surface area contributed by atoms with Crippen LogP contribution in [0.15, 0.2) is 17.1 Å². The molecular formula is C20H31N3O4. The van der Waals surface area contributed by atoms with Crippen molar-refractivity contribution in [3.8, 4) is 17.2 Å². The zero-order valence-electron chi connectivity index (χ0n) is 16.8. The minimum absolute atomic E-state index is 0.308. The Bertz CT molecular complexity index is 646. The molecule has 0 amide bonds. The molecule has 1 atom stereocenters. The number of methoxy groups -OCH3 is 3. The number of likely N-dealkylation sites (tertiary alicyclic amines) is 1. The third-order valence-corrected chi connectivity index (χ3v) is 5.39. The Labute approximate surface area is 161 Å². The number of benzene rings is 1. The summed E-state index contributed by atoms with van der Waals surface area (Å²) in [5.41, 5.74) is 1.32. The van der Waals surface area contributed by atoms with Gasteiger partial charge in [-0.3, -0.25) is 0 Å². The molecule has 1 N–H and O–H groups in total. The van der Waals surface area contributed by atoms with Gasteiger partial charge < -0.3 is 29.2 Å². The standard InChI is InChI=1S/C20H31N3O4/c1-5-21-19(23-8-6-20(13-23)7-9-27-14-20)22-12-15-10-16(24-2)18(26-4)17(11-15)25-3/h10-11H,5-9,12-14H2,1-4H3,(H,21,22). The first-order chi connectivity index (χ1) is 13.1. The zero-order chi connectivity index (χ0) is 19.3. The molecule has 2 aliphatic rings. The lowest BCUT2D eigenvalue weighted by atomic mass is 9.87. The topological polar surface area (TPSA) is 64.6 Å². The Morgan fingerprint density at radius 2 is 1.93 bits per heavy atom. The van der Waals surface area contributed by atoms with Gasteiger partial charge >= 0.3 is 0 Å². The second-order valence-corrected chi connectivity index (χ2v) is 7.18. The molecule has 2 heterocycles. The Kier molecular flexibility index (Phi) is 6.31. The zero-order valence-corrected chi connectivity index (χ0v) is 16.8. The van der Waals surface area contributed by atoms with Crippen molar-refractivity contribution in [3.63, 3.8) is 0 Å². The smallest absolute Gasteiger partial charge is 0.203 e. The molecule has 1 aromatic rings. The molecule has 2 saturated heterocycles. The summed E-state index contributed by atoms with van der Waals surface area (Å²) in [6.45, 7) is 7.26. The summed E-state index contributed by atoms with van der Waals surface area (Å²) in [6.07, 6.45) is 2.32. The Hall–Kier alpha value is -2.15. The first-order valence-electron chi connectivity index (χ1n) is 9.54. The summed E-state index contributed by atoms with van der Waals surface area (Å²) >= 11 is 0. The number of ether oxygens (including phenoxy) is 4. The molecular weight excluding hydrogens is 346 g/mol. The van der Waals surface area contributed by atoms with E-state index in [0.29, 0.717) is 29.2 Å². The van der Waals surface area contributed by atoms with Crippen molar-refractivity contribution in [2.24, 2.45) is 10.4 Å². The molecule has 0 radical (unpaired) electrons. The van der Waals surface area contributed by atoms with Gasteiger partial charge in [-0.15, -0.1) is 0 Å². The maximum atomic E-state index is 5.65. The molecule has 0 aliphatic carbocycles. The maximum absolute atomic E-state index is 5.65. The van der Waals surface area contributed by atoms with E-state index in [4.69, 9.17) is 23.9 Å². The van der Waals surface area contributed by atoms with Gasteiger partial charge in [0.25, 0.3) is 0 Å². The van der Waals surface area contributed by atoms with Crippen molar-refractivity contribution in [2.45, 2.75) is 26.3 Å². The summed E-state index contributed by atoms with van der Waals surface area (Å²) in [6, 6.07) is 3.90. The van der Waals surface area contributed by atoms with Crippen LogP contribution in [0, 0.1) is 5.41 Å². The second kappa shape index (κ2) is 8.69. The molecule has 27 heavy (non-hydrogen) atoms. The van der Waals surface area contributed by atoms with Crippen molar-refractivity contribution in [1.29, 1.82) is 0 Å². The predicted molar refractivity (Wildman–Crippen MR) is 105 cm³/mol. The number of aliphatic imine (C=N–C) groups is 1. The minimum atomic E-state index is 0.308. The molecule has 1 aromatic carbocycles. The molecule has 0 saturated carbocycles. The number of nitrogens with one attached hydrogen (secondary N) is 1.